The predicted octanol–water partition coefficient (Wildman–Crippen LogP) is 0.575. The molecule has 1 saturated carbocycles. The number of hydrogen-bond donors (Lipinski definition) is 1. The Morgan fingerprint density at radius 2 is 1.77 bits per heavy atom. The first-order valence-corrected chi connectivity index (χ1v) is 4.46. The van der Waals surface area contributed by atoms with Gasteiger partial charge in [-0.3, -0.25) is 9.59 Å². The first-order valence-electron chi connectivity index (χ1n) is 4.46. The molecule has 0 heterocycles. The van der Waals surface area contributed by atoms with Gasteiger partial charge in [0.1, 0.15) is 0 Å². The Hall–Kier alpha value is -1.06. The van der Waals surface area contributed by atoms with Crippen LogP contribution in [0.5, 0.6) is 0 Å². The van der Waals surface area contributed by atoms with Gasteiger partial charge < -0.3 is 10.0 Å². The van der Waals surface area contributed by atoms with Crippen LogP contribution in [0.15, 0.2) is 0 Å². The van der Waals surface area contributed by atoms with Crippen LogP contribution in [0.2, 0.25) is 0 Å². The number of carboxylic acids is 1. The summed E-state index contributed by atoms with van der Waals surface area (Å²) >= 11 is 0. The smallest absolute Gasteiger partial charge is 0.306 e. The van der Waals surface area contributed by atoms with Gasteiger partial charge in [0.15, 0.2) is 0 Å². The van der Waals surface area contributed by atoms with Crippen molar-refractivity contribution in [2.45, 2.75) is 19.3 Å². The van der Waals surface area contributed by atoms with E-state index in [-0.39, 0.29) is 17.7 Å². The highest BCUT2D eigenvalue weighted by atomic mass is 16.4. The molecule has 0 aromatic rings. The molecule has 2 unspecified atom stereocenters. The lowest BCUT2D eigenvalue weighted by molar-refractivity contribution is -0.141. The average molecular weight is 185 g/mol. The minimum Gasteiger partial charge on any atom is -0.481 e. The molecular weight excluding hydrogens is 170 g/mol. The second-order valence-electron chi connectivity index (χ2n) is 3.78. The van der Waals surface area contributed by atoms with Crippen LogP contribution in [0, 0.1) is 11.8 Å². The molecule has 1 amide bonds. The van der Waals surface area contributed by atoms with Crippen molar-refractivity contribution in [3.63, 3.8) is 0 Å². The van der Waals surface area contributed by atoms with Crippen LogP contribution < -0.4 is 0 Å². The molecule has 0 spiro atoms. The van der Waals surface area contributed by atoms with Crippen LogP contribution in [0.3, 0.4) is 0 Å². The Balaban J connectivity index is 2.50. The van der Waals surface area contributed by atoms with Gasteiger partial charge in [0.05, 0.1) is 5.92 Å². The molecule has 4 heteroatoms. The summed E-state index contributed by atoms with van der Waals surface area (Å²) in [6.45, 7) is 0. The topological polar surface area (TPSA) is 57.6 Å². The van der Waals surface area contributed by atoms with Crippen molar-refractivity contribution in [3.05, 3.63) is 0 Å². The monoisotopic (exact) mass is 185 g/mol. The van der Waals surface area contributed by atoms with Gasteiger partial charge in [-0.15, -0.1) is 0 Å². The second-order valence-corrected chi connectivity index (χ2v) is 3.78. The van der Waals surface area contributed by atoms with E-state index in [1.165, 1.54) is 4.90 Å². The zero-order valence-electron chi connectivity index (χ0n) is 7.99. The summed E-state index contributed by atoms with van der Waals surface area (Å²) in [4.78, 5) is 23.6. The van der Waals surface area contributed by atoms with E-state index in [4.69, 9.17) is 5.11 Å². The Kier molecular flexibility index (Phi) is 2.90. The number of rotatable bonds is 2. The first kappa shape index (κ1) is 10.0. The molecule has 0 saturated heterocycles. The van der Waals surface area contributed by atoms with Crippen molar-refractivity contribution in [2.75, 3.05) is 14.1 Å². The van der Waals surface area contributed by atoms with Crippen LogP contribution in [-0.2, 0) is 9.59 Å². The molecule has 1 aliphatic rings. The normalized spacial score (nSPS) is 27.2. The summed E-state index contributed by atoms with van der Waals surface area (Å²) in [5.74, 6) is -1.09. The van der Waals surface area contributed by atoms with Crippen molar-refractivity contribution in [3.8, 4) is 0 Å². The van der Waals surface area contributed by atoms with Crippen LogP contribution in [0.4, 0.5) is 0 Å². The SMILES string of the molecule is CN(C)C(=O)C1CCC(C(=O)O)C1. The highest BCUT2D eigenvalue weighted by molar-refractivity contribution is 5.80. The largest absolute Gasteiger partial charge is 0.481 e. The Morgan fingerprint density at radius 3 is 2.15 bits per heavy atom. The number of nitrogens with zero attached hydrogens (tertiary/aromatic N) is 1. The van der Waals surface area contributed by atoms with Gasteiger partial charge in [-0.25, -0.2) is 0 Å². The van der Waals surface area contributed by atoms with Crippen LogP contribution >= 0.6 is 0 Å². The zero-order chi connectivity index (χ0) is 10.0. The Labute approximate surface area is 77.5 Å². The lowest BCUT2D eigenvalue weighted by atomic mass is 10.0. The van der Waals surface area contributed by atoms with Crippen molar-refractivity contribution < 1.29 is 14.7 Å². The Morgan fingerprint density at radius 1 is 1.23 bits per heavy atom. The molecule has 13 heavy (non-hydrogen) atoms. The standard InChI is InChI=1S/C9H15NO3/c1-10(2)8(11)6-3-4-7(5-6)9(12)13/h6-7H,3-5H2,1-2H3,(H,12,13). The quantitative estimate of drug-likeness (QED) is 0.684. The average Bonchev–Trinajstić information content (AvgIpc) is 2.50. The predicted molar refractivity (Wildman–Crippen MR) is 47.2 cm³/mol. The molecule has 0 aliphatic heterocycles. The minimum atomic E-state index is -0.769. The lowest BCUT2D eigenvalue weighted by Gasteiger charge is -2.15. The molecule has 1 N–H and O–H groups in total. The van der Waals surface area contributed by atoms with Crippen molar-refractivity contribution in [2.24, 2.45) is 11.8 Å². The third-order valence-electron chi connectivity index (χ3n) is 2.57. The van der Waals surface area contributed by atoms with Crippen molar-refractivity contribution in [1.29, 1.82) is 0 Å². The lowest BCUT2D eigenvalue weighted by Crippen LogP contribution is -2.28. The molecular formula is C9H15NO3. The van der Waals surface area contributed by atoms with Gasteiger partial charge in [0.25, 0.3) is 0 Å². The molecule has 1 fully saturated rings. The number of carbonyl (C=O) groups excluding carboxylic acids is 1. The fourth-order valence-electron chi connectivity index (χ4n) is 1.80. The summed E-state index contributed by atoms with van der Waals surface area (Å²) in [7, 11) is 3.41. The van der Waals surface area contributed by atoms with Crippen LogP contribution in [-0.4, -0.2) is 36.0 Å². The van der Waals surface area contributed by atoms with E-state index in [1.54, 1.807) is 14.1 Å². The number of hydrogen-bond acceptors (Lipinski definition) is 2. The molecule has 4 nitrogen and oxygen atoms in total. The molecule has 0 radical (unpaired) electrons. The van der Waals surface area contributed by atoms with Gasteiger partial charge >= 0.3 is 5.97 Å². The highest BCUT2D eigenvalue weighted by Crippen LogP contribution is 2.31. The van der Waals surface area contributed by atoms with Gasteiger partial charge in [-0.1, -0.05) is 0 Å². The maximum Gasteiger partial charge on any atom is 0.306 e. The van der Waals surface area contributed by atoms with Crippen LogP contribution in [0.25, 0.3) is 0 Å². The van der Waals surface area contributed by atoms with E-state index in [0.29, 0.717) is 19.3 Å². The van der Waals surface area contributed by atoms with Crippen LogP contribution in [0.1, 0.15) is 19.3 Å². The number of aliphatic carboxylic acids is 1. The molecule has 0 bridgehead atoms. The summed E-state index contributed by atoms with van der Waals surface area (Å²) in [6.07, 6.45) is 1.86. The molecule has 2 atom stereocenters. The highest BCUT2D eigenvalue weighted by Gasteiger charge is 2.34. The van der Waals surface area contributed by atoms with E-state index in [2.05, 4.69) is 0 Å². The van der Waals surface area contributed by atoms with Gasteiger partial charge in [-0.05, 0) is 19.3 Å². The van der Waals surface area contributed by atoms with E-state index >= 15 is 0 Å². The molecule has 74 valence electrons. The Bertz CT molecular complexity index is 225. The second kappa shape index (κ2) is 3.77. The zero-order valence-corrected chi connectivity index (χ0v) is 7.99. The summed E-state index contributed by atoms with van der Waals surface area (Å²) in [6, 6.07) is 0. The number of amides is 1. The fourth-order valence-corrected chi connectivity index (χ4v) is 1.80. The number of carboxylic acid groups (broad SMARTS) is 1. The first-order chi connectivity index (χ1) is 6.02. The molecule has 1 rings (SSSR count). The van der Waals surface area contributed by atoms with E-state index in [0.717, 1.165) is 0 Å². The molecule has 1 aliphatic carbocycles. The van der Waals surface area contributed by atoms with Gasteiger partial charge in [-0.2, -0.15) is 0 Å². The van der Waals surface area contributed by atoms with Gasteiger partial charge in [0, 0.05) is 20.0 Å². The fraction of sp³-hybridized carbons (Fsp3) is 0.778. The number of carbonyl (C=O) groups is 2. The third-order valence-corrected chi connectivity index (χ3v) is 2.57. The maximum atomic E-state index is 11.4. The molecule has 0 aromatic carbocycles. The third kappa shape index (κ3) is 2.20. The summed E-state index contributed by atoms with van der Waals surface area (Å²) in [5.41, 5.74) is 0. The van der Waals surface area contributed by atoms with Gasteiger partial charge in [0.2, 0.25) is 5.91 Å². The van der Waals surface area contributed by atoms with Crippen molar-refractivity contribution >= 4 is 11.9 Å². The molecule has 0 aromatic heterocycles. The minimum absolute atomic E-state index is 0.0590. The van der Waals surface area contributed by atoms with Crippen molar-refractivity contribution in [1.82, 2.24) is 4.90 Å². The van der Waals surface area contributed by atoms with E-state index in [9.17, 15) is 9.59 Å². The maximum absolute atomic E-state index is 11.4. The summed E-state index contributed by atoms with van der Waals surface area (Å²) in [5, 5.41) is 8.73. The van der Waals surface area contributed by atoms with E-state index < -0.39 is 5.97 Å². The summed E-state index contributed by atoms with van der Waals surface area (Å²) < 4.78 is 0. The van der Waals surface area contributed by atoms with E-state index in [1.807, 2.05) is 0 Å².